The van der Waals surface area contributed by atoms with Crippen LogP contribution in [0.25, 0.3) is 0 Å². The number of methoxy groups -OCH3 is 1. The summed E-state index contributed by atoms with van der Waals surface area (Å²) in [5, 5.41) is 14.4. The van der Waals surface area contributed by atoms with Crippen molar-refractivity contribution in [2.75, 3.05) is 20.2 Å². The number of rotatable bonds is 3. The zero-order valence-electron chi connectivity index (χ0n) is 12.8. The van der Waals surface area contributed by atoms with Gasteiger partial charge in [0, 0.05) is 18.5 Å². The van der Waals surface area contributed by atoms with Gasteiger partial charge < -0.3 is 15.2 Å². The van der Waals surface area contributed by atoms with E-state index in [0.29, 0.717) is 0 Å². The third-order valence-electron chi connectivity index (χ3n) is 2.94. The lowest BCUT2D eigenvalue weighted by atomic mass is 10.1. The standard InChI is InChI=1S/C13H23N3O5/c1-13(2,3)15-12(20)14-10(18)7-16-6-8(17)5-9(16)11(19)21-4/h8-9,17H,5-7H2,1-4H3,(H2,14,15,18,20). The zero-order chi connectivity index (χ0) is 16.2. The largest absolute Gasteiger partial charge is 0.468 e. The van der Waals surface area contributed by atoms with Crippen LogP contribution in [0.4, 0.5) is 4.79 Å². The van der Waals surface area contributed by atoms with E-state index in [0.717, 1.165) is 0 Å². The number of likely N-dealkylation sites (tertiary alicyclic amines) is 1. The van der Waals surface area contributed by atoms with Crippen LogP contribution in [-0.4, -0.2) is 65.8 Å². The monoisotopic (exact) mass is 301 g/mol. The topological polar surface area (TPSA) is 108 Å². The van der Waals surface area contributed by atoms with E-state index in [2.05, 4.69) is 15.4 Å². The molecule has 0 aromatic heterocycles. The number of β-amino-alcohol motifs (C(OH)–C–C–N with tert-alkyl or cyclic N) is 1. The first-order chi connectivity index (χ1) is 9.62. The molecule has 3 amide bonds. The normalized spacial score (nSPS) is 22.7. The Balaban J connectivity index is 2.53. The Hall–Kier alpha value is -1.67. The van der Waals surface area contributed by atoms with Crippen molar-refractivity contribution in [1.29, 1.82) is 0 Å². The minimum Gasteiger partial charge on any atom is -0.468 e. The molecule has 0 aliphatic carbocycles. The highest BCUT2D eigenvalue weighted by Crippen LogP contribution is 2.18. The number of urea groups is 1. The number of carbonyl (C=O) groups is 3. The van der Waals surface area contributed by atoms with Gasteiger partial charge in [0.2, 0.25) is 5.91 Å². The van der Waals surface area contributed by atoms with Crippen molar-refractivity contribution in [2.24, 2.45) is 0 Å². The first-order valence-corrected chi connectivity index (χ1v) is 6.74. The van der Waals surface area contributed by atoms with E-state index in [1.54, 1.807) is 20.8 Å². The lowest BCUT2D eigenvalue weighted by Gasteiger charge is -2.23. The molecule has 8 heteroatoms. The first kappa shape index (κ1) is 17.4. The third kappa shape index (κ3) is 5.68. The average molecular weight is 301 g/mol. The van der Waals surface area contributed by atoms with Crippen LogP contribution < -0.4 is 10.6 Å². The molecule has 1 fully saturated rings. The summed E-state index contributed by atoms with van der Waals surface area (Å²) in [7, 11) is 1.25. The van der Waals surface area contributed by atoms with Crippen LogP contribution in [0, 0.1) is 0 Å². The number of esters is 1. The van der Waals surface area contributed by atoms with Crippen LogP contribution in [0.1, 0.15) is 27.2 Å². The fourth-order valence-electron chi connectivity index (χ4n) is 2.16. The molecule has 2 atom stereocenters. The summed E-state index contributed by atoms with van der Waals surface area (Å²) in [6.45, 7) is 5.41. The Kier molecular flexibility index (Phi) is 5.68. The quantitative estimate of drug-likeness (QED) is 0.590. The molecule has 21 heavy (non-hydrogen) atoms. The van der Waals surface area contributed by atoms with Gasteiger partial charge in [-0.15, -0.1) is 0 Å². The highest BCUT2D eigenvalue weighted by atomic mass is 16.5. The molecule has 0 radical (unpaired) electrons. The fraction of sp³-hybridized carbons (Fsp3) is 0.769. The number of hydrogen-bond donors (Lipinski definition) is 3. The van der Waals surface area contributed by atoms with Crippen molar-refractivity contribution < 1.29 is 24.2 Å². The molecule has 0 aromatic rings. The van der Waals surface area contributed by atoms with Crippen molar-refractivity contribution in [3.8, 4) is 0 Å². The Morgan fingerprint density at radius 2 is 1.95 bits per heavy atom. The molecule has 1 aliphatic rings. The van der Waals surface area contributed by atoms with Crippen molar-refractivity contribution in [1.82, 2.24) is 15.5 Å². The van der Waals surface area contributed by atoms with Crippen molar-refractivity contribution in [3.05, 3.63) is 0 Å². The predicted octanol–water partition coefficient (Wildman–Crippen LogP) is -0.781. The maximum absolute atomic E-state index is 11.8. The molecule has 0 bridgehead atoms. The van der Waals surface area contributed by atoms with Crippen molar-refractivity contribution in [2.45, 2.75) is 44.9 Å². The van der Waals surface area contributed by atoms with E-state index in [4.69, 9.17) is 0 Å². The average Bonchev–Trinajstić information content (AvgIpc) is 2.66. The van der Waals surface area contributed by atoms with Crippen LogP contribution in [-0.2, 0) is 14.3 Å². The number of nitrogens with one attached hydrogen (secondary N) is 2. The lowest BCUT2D eigenvalue weighted by Crippen LogP contribution is -2.51. The van der Waals surface area contributed by atoms with Crippen molar-refractivity contribution >= 4 is 17.9 Å². The molecule has 1 rings (SSSR count). The van der Waals surface area contributed by atoms with Crippen molar-refractivity contribution in [3.63, 3.8) is 0 Å². The van der Waals surface area contributed by atoms with Gasteiger partial charge in [-0.2, -0.15) is 0 Å². The van der Waals surface area contributed by atoms with Gasteiger partial charge in [-0.3, -0.25) is 19.8 Å². The number of amides is 3. The molecule has 0 spiro atoms. The van der Waals surface area contributed by atoms with E-state index in [1.165, 1.54) is 12.0 Å². The summed E-state index contributed by atoms with van der Waals surface area (Å²) in [5.41, 5.74) is -0.456. The fourth-order valence-corrected chi connectivity index (χ4v) is 2.16. The number of hydrogen-bond acceptors (Lipinski definition) is 6. The van der Waals surface area contributed by atoms with Crippen LogP contribution in [0.15, 0.2) is 0 Å². The van der Waals surface area contributed by atoms with Crippen LogP contribution in [0.3, 0.4) is 0 Å². The number of aliphatic hydroxyl groups excluding tert-OH is 1. The second-order valence-corrected chi connectivity index (χ2v) is 6.11. The minimum absolute atomic E-state index is 0.158. The van der Waals surface area contributed by atoms with E-state index in [-0.39, 0.29) is 19.5 Å². The van der Waals surface area contributed by atoms with Gasteiger partial charge in [0.1, 0.15) is 6.04 Å². The first-order valence-electron chi connectivity index (χ1n) is 6.74. The molecule has 3 N–H and O–H groups in total. The summed E-state index contributed by atoms with van der Waals surface area (Å²) in [6, 6.07) is -1.26. The predicted molar refractivity (Wildman–Crippen MR) is 74.4 cm³/mol. The van der Waals surface area contributed by atoms with Gasteiger partial charge in [-0.1, -0.05) is 0 Å². The molecule has 1 aliphatic heterocycles. The number of carbonyl (C=O) groups excluding carboxylic acids is 3. The molecular weight excluding hydrogens is 278 g/mol. The highest BCUT2D eigenvalue weighted by molar-refractivity contribution is 5.95. The lowest BCUT2D eigenvalue weighted by molar-refractivity contribution is -0.146. The Bertz CT molecular complexity index is 419. The minimum atomic E-state index is -0.690. The van der Waals surface area contributed by atoms with Gasteiger partial charge in [0.05, 0.1) is 19.8 Å². The number of imide groups is 1. The van der Waals surface area contributed by atoms with Crippen LogP contribution >= 0.6 is 0 Å². The number of aliphatic hydroxyl groups is 1. The Morgan fingerprint density at radius 1 is 1.33 bits per heavy atom. The Morgan fingerprint density at radius 3 is 2.48 bits per heavy atom. The maximum atomic E-state index is 11.8. The van der Waals surface area contributed by atoms with Gasteiger partial charge in [-0.05, 0) is 20.8 Å². The molecule has 1 saturated heterocycles. The van der Waals surface area contributed by atoms with E-state index in [9.17, 15) is 19.5 Å². The SMILES string of the molecule is COC(=O)C1CC(O)CN1CC(=O)NC(=O)NC(C)(C)C. The van der Waals surface area contributed by atoms with Crippen LogP contribution in [0.2, 0.25) is 0 Å². The number of ether oxygens (including phenoxy) is 1. The van der Waals surface area contributed by atoms with Gasteiger partial charge >= 0.3 is 12.0 Å². The molecule has 1 heterocycles. The van der Waals surface area contributed by atoms with E-state index < -0.39 is 35.6 Å². The summed E-state index contributed by atoms with van der Waals surface area (Å²) in [6.07, 6.45) is -0.473. The van der Waals surface area contributed by atoms with Gasteiger partial charge in [0.15, 0.2) is 0 Å². The number of nitrogens with zero attached hydrogens (tertiary/aromatic N) is 1. The van der Waals surface area contributed by atoms with Gasteiger partial charge in [-0.25, -0.2) is 4.79 Å². The summed E-state index contributed by atoms with van der Waals surface area (Å²) < 4.78 is 4.64. The third-order valence-corrected chi connectivity index (χ3v) is 2.94. The molecule has 120 valence electrons. The van der Waals surface area contributed by atoms with Crippen LogP contribution in [0.5, 0.6) is 0 Å². The molecule has 0 aromatic carbocycles. The van der Waals surface area contributed by atoms with E-state index >= 15 is 0 Å². The molecule has 2 unspecified atom stereocenters. The second-order valence-electron chi connectivity index (χ2n) is 6.11. The smallest absolute Gasteiger partial charge is 0.323 e. The summed E-state index contributed by atoms with van der Waals surface area (Å²) >= 11 is 0. The molecular formula is C13H23N3O5. The van der Waals surface area contributed by atoms with E-state index in [1.807, 2.05) is 0 Å². The molecule has 8 nitrogen and oxygen atoms in total. The zero-order valence-corrected chi connectivity index (χ0v) is 12.8. The summed E-state index contributed by atoms with van der Waals surface area (Å²) in [5.74, 6) is -1.04. The summed E-state index contributed by atoms with van der Waals surface area (Å²) in [4.78, 5) is 36.5. The molecule has 0 saturated carbocycles. The van der Waals surface area contributed by atoms with Gasteiger partial charge in [0.25, 0.3) is 0 Å². The Labute approximate surface area is 123 Å². The highest BCUT2D eigenvalue weighted by Gasteiger charge is 2.37. The second kappa shape index (κ2) is 6.86. The maximum Gasteiger partial charge on any atom is 0.323 e.